The average molecular weight is 1110 g/mol. The van der Waals surface area contributed by atoms with Gasteiger partial charge in [0.05, 0.1) is 17.2 Å². The third-order valence-corrected chi connectivity index (χ3v) is 13.7. The molecule has 414 valence electrons. The maximum Gasteiger partial charge on any atom is 0.301 e. The first-order valence-corrected chi connectivity index (χ1v) is 25.8. The second kappa shape index (κ2) is 21.6. The molecule has 0 bridgehead atoms. The summed E-state index contributed by atoms with van der Waals surface area (Å²) in [7, 11) is 2.96. The van der Waals surface area contributed by atoms with Gasteiger partial charge in [-0.15, -0.1) is 0 Å². The summed E-state index contributed by atoms with van der Waals surface area (Å²) in [5.41, 5.74) is 3.16. The molecule has 4 heterocycles. The van der Waals surface area contributed by atoms with Crippen molar-refractivity contribution in [1.29, 1.82) is 0 Å². The number of carbonyl (C=O) groups is 6. The van der Waals surface area contributed by atoms with Gasteiger partial charge < -0.3 is 35.4 Å². The summed E-state index contributed by atoms with van der Waals surface area (Å²) in [4.78, 5) is 82.5. The van der Waals surface area contributed by atoms with Crippen molar-refractivity contribution in [2.75, 3.05) is 24.7 Å². The number of nitrogens with zero attached hydrogens (tertiary/aromatic N) is 2. The molecular formula is C62H54F2N9O9+. The normalized spacial score (nSPS) is 11.6. The molecule has 20 heteroatoms. The van der Waals surface area contributed by atoms with Gasteiger partial charge in [-0.2, -0.15) is 5.10 Å². The first kappa shape index (κ1) is 54.8. The Morgan fingerprint density at radius 3 is 1.59 bits per heavy atom. The van der Waals surface area contributed by atoms with Crippen LogP contribution in [0.4, 0.5) is 20.5 Å². The number of aromatic nitrogens is 3. The number of halogens is 2. The van der Waals surface area contributed by atoms with Crippen LogP contribution in [0.15, 0.2) is 153 Å². The van der Waals surface area contributed by atoms with Crippen LogP contribution in [-0.2, 0) is 9.59 Å². The zero-order chi connectivity index (χ0) is 58.4. The van der Waals surface area contributed by atoms with Crippen molar-refractivity contribution in [3.63, 3.8) is 0 Å². The molecule has 0 aliphatic carbocycles. The molecule has 0 fully saturated rings. The number of aromatic amines is 1. The van der Waals surface area contributed by atoms with E-state index >= 15 is 0 Å². The van der Waals surface area contributed by atoms with E-state index in [1.54, 1.807) is 119 Å². The molecule has 0 saturated heterocycles. The van der Waals surface area contributed by atoms with Crippen LogP contribution in [0.1, 0.15) is 80.5 Å². The Kier molecular flexibility index (Phi) is 14.5. The molecule has 10 rings (SSSR count). The largest absolute Gasteiger partial charge is 0.455 e. The van der Waals surface area contributed by atoms with Crippen molar-refractivity contribution in [2.45, 2.75) is 52.6 Å². The third-order valence-electron chi connectivity index (χ3n) is 13.7. The lowest BCUT2D eigenvalue weighted by Gasteiger charge is -2.24. The lowest BCUT2D eigenvalue weighted by atomic mass is 9.97. The van der Waals surface area contributed by atoms with Crippen molar-refractivity contribution in [3.05, 3.63) is 185 Å². The summed E-state index contributed by atoms with van der Waals surface area (Å²) in [6.45, 7) is 9.68. The molecule has 0 saturated carbocycles. The molecule has 18 nitrogen and oxygen atoms in total. The number of fused-ring (bicyclic) bond motifs is 2. The Bertz CT molecular complexity index is 4210. The molecule has 0 atom stereocenters. The van der Waals surface area contributed by atoms with E-state index in [9.17, 15) is 37.5 Å². The fourth-order valence-corrected chi connectivity index (χ4v) is 9.36. The van der Waals surface area contributed by atoms with Crippen molar-refractivity contribution in [3.8, 4) is 50.6 Å². The standard InChI is InChI=1S/C62H53F2N9O9/c1-32-25-48(72-71-32)67-59(78)61(3,4)69-56(75)40-14-10-12-37(28-40)41-30-45-51(58(77)66-8)53(35-17-22-43(64)23-18-35)81-54(45)46(31-41)73-33(2)26-49(82-73)68-60(79)62(5,6)70-55(74)39-13-9-11-36(27-39)38-19-24-47-44(29-38)50(57(76)65-7)52(80-47)34-15-20-42(63)21-16-34/h9-31H,1-8H3,(H6,65,66,67,69,70,71,72,74,75,76,77,78)/p+1. The van der Waals surface area contributed by atoms with E-state index in [1.807, 2.05) is 0 Å². The minimum Gasteiger partial charge on any atom is -0.455 e. The average Bonchev–Trinajstić information content (AvgIpc) is 4.46. The zero-order valence-electron chi connectivity index (χ0n) is 45.6. The second-order valence-corrected chi connectivity index (χ2v) is 20.6. The van der Waals surface area contributed by atoms with Crippen LogP contribution in [0.3, 0.4) is 0 Å². The number of hydrogen-bond acceptors (Lipinski definition) is 10. The predicted molar refractivity (Wildman–Crippen MR) is 303 cm³/mol. The van der Waals surface area contributed by atoms with E-state index in [2.05, 4.69) is 42.1 Å². The Labute approximate surface area is 467 Å². The van der Waals surface area contributed by atoms with Crippen LogP contribution in [0, 0.1) is 25.5 Å². The van der Waals surface area contributed by atoms with Gasteiger partial charge in [-0.1, -0.05) is 30.3 Å². The molecule has 82 heavy (non-hydrogen) atoms. The van der Waals surface area contributed by atoms with Crippen LogP contribution in [-0.4, -0.2) is 70.8 Å². The molecule has 6 aromatic carbocycles. The quantitative estimate of drug-likeness (QED) is 0.0479. The van der Waals surface area contributed by atoms with Crippen molar-refractivity contribution >= 4 is 69.1 Å². The van der Waals surface area contributed by atoms with Gasteiger partial charge in [-0.3, -0.25) is 39.2 Å². The minimum absolute atomic E-state index is 0.0247. The number of aryl methyl sites for hydroxylation is 2. The van der Waals surface area contributed by atoms with Crippen LogP contribution >= 0.6 is 0 Å². The molecule has 7 N–H and O–H groups in total. The summed E-state index contributed by atoms with van der Waals surface area (Å²) in [5, 5.41) is 24.1. The number of rotatable bonds is 15. The smallest absolute Gasteiger partial charge is 0.301 e. The van der Waals surface area contributed by atoms with E-state index in [1.165, 1.54) is 81.2 Å². The highest BCUT2D eigenvalue weighted by Crippen LogP contribution is 2.40. The van der Waals surface area contributed by atoms with E-state index in [4.69, 9.17) is 13.4 Å². The van der Waals surface area contributed by atoms with Gasteiger partial charge in [0.25, 0.3) is 41.3 Å². The number of carbonyl (C=O) groups excluding carboxylic acids is 6. The first-order chi connectivity index (χ1) is 39.1. The van der Waals surface area contributed by atoms with Gasteiger partial charge in [-0.25, -0.2) is 13.3 Å². The molecule has 0 aliphatic rings. The molecule has 0 spiro atoms. The molecule has 0 unspecified atom stereocenters. The van der Waals surface area contributed by atoms with Crippen molar-refractivity contribution < 1.29 is 55.6 Å². The van der Waals surface area contributed by atoms with Crippen molar-refractivity contribution in [2.24, 2.45) is 0 Å². The number of benzene rings is 6. The SMILES string of the molecule is CNC(=O)c1c(-c2ccc(F)cc2)oc2ccc(-c3cccc(C(=O)NC(C)(C)C(=O)Nc4cc(C)[n+](-c5cc(-c6cccc(C(=O)NC(C)(C)C(=O)Nc7cc(C)[nH]n7)c6)cc6c(C(=O)NC)c(-c7ccc(F)cc7)oc56)o4)c3)cc12. The third kappa shape index (κ3) is 10.8. The highest BCUT2D eigenvalue weighted by Gasteiger charge is 2.36. The van der Waals surface area contributed by atoms with Gasteiger partial charge in [0.15, 0.2) is 5.82 Å². The molecular weight excluding hydrogens is 1050 g/mol. The number of H-pyrrole nitrogens is 1. The Balaban J connectivity index is 0.940. The first-order valence-electron chi connectivity index (χ1n) is 25.8. The highest BCUT2D eigenvalue weighted by atomic mass is 19.1. The van der Waals surface area contributed by atoms with E-state index in [0.717, 1.165) is 5.69 Å². The van der Waals surface area contributed by atoms with Crippen LogP contribution in [0.5, 0.6) is 0 Å². The van der Waals surface area contributed by atoms with E-state index in [-0.39, 0.29) is 50.9 Å². The fourth-order valence-electron chi connectivity index (χ4n) is 9.36. The number of nitrogens with one attached hydrogen (secondary N) is 7. The fraction of sp³-hybridized carbons (Fsp3) is 0.161. The zero-order valence-corrected chi connectivity index (χ0v) is 45.6. The molecule has 10 aromatic rings. The summed E-state index contributed by atoms with van der Waals surface area (Å²) >= 11 is 0. The molecule has 4 aromatic heterocycles. The highest BCUT2D eigenvalue weighted by molar-refractivity contribution is 6.14. The maximum absolute atomic E-state index is 14.3. The Hall–Kier alpha value is -10.5. The number of hydrogen-bond donors (Lipinski definition) is 7. The van der Waals surface area contributed by atoms with Crippen LogP contribution in [0.2, 0.25) is 0 Å². The van der Waals surface area contributed by atoms with E-state index in [0.29, 0.717) is 61.2 Å². The predicted octanol–water partition coefficient (Wildman–Crippen LogP) is 10.3. The summed E-state index contributed by atoms with van der Waals surface area (Å²) in [6.07, 6.45) is 0. The van der Waals surface area contributed by atoms with E-state index < -0.39 is 58.2 Å². The number of furan rings is 2. The number of anilines is 2. The van der Waals surface area contributed by atoms with Gasteiger partial charge in [0, 0.05) is 76.6 Å². The number of amides is 6. The van der Waals surface area contributed by atoms with Gasteiger partial charge in [0.1, 0.15) is 39.8 Å². The van der Waals surface area contributed by atoms with Gasteiger partial charge in [0.2, 0.25) is 11.3 Å². The van der Waals surface area contributed by atoms with Gasteiger partial charge in [-0.05, 0) is 148 Å². The maximum atomic E-state index is 14.3. The Morgan fingerprint density at radius 2 is 1.04 bits per heavy atom. The lowest BCUT2D eigenvalue weighted by Crippen LogP contribution is -2.52. The monoisotopic (exact) mass is 1110 g/mol. The summed E-state index contributed by atoms with van der Waals surface area (Å²) < 4.78 is 48.5. The molecule has 6 amide bonds. The van der Waals surface area contributed by atoms with Crippen LogP contribution in [0.25, 0.3) is 72.5 Å². The van der Waals surface area contributed by atoms with Crippen molar-refractivity contribution in [1.82, 2.24) is 31.5 Å². The Morgan fingerprint density at radius 1 is 0.537 bits per heavy atom. The summed E-state index contributed by atoms with van der Waals surface area (Å²) in [6, 6.07) is 36.4. The van der Waals surface area contributed by atoms with Crippen LogP contribution < -0.4 is 36.6 Å². The topological polar surface area (TPSA) is 247 Å². The molecule has 0 radical (unpaired) electrons. The summed E-state index contributed by atoms with van der Waals surface area (Å²) in [5.74, 6) is -3.47. The lowest BCUT2D eigenvalue weighted by molar-refractivity contribution is -0.785. The van der Waals surface area contributed by atoms with Gasteiger partial charge >= 0.3 is 5.69 Å². The second-order valence-electron chi connectivity index (χ2n) is 20.6. The minimum atomic E-state index is -1.54. The molecule has 0 aliphatic heterocycles.